The summed E-state index contributed by atoms with van der Waals surface area (Å²) in [6.45, 7) is 5.74. The molecule has 0 spiro atoms. The van der Waals surface area contributed by atoms with E-state index in [2.05, 4.69) is 24.5 Å². The van der Waals surface area contributed by atoms with Crippen molar-refractivity contribution < 1.29 is 9.21 Å². The summed E-state index contributed by atoms with van der Waals surface area (Å²) in [5.74, 6) is 1.02. The summed E-state index contributed by atoms with van der Waals surface area (Å²) in [5, 5.41) is 6.17. The summed E-state index contributed by atoms with van der Waals surface area (Å²) >= 11 is 0. The fourth-order valence-corrected chi connectivity index (χ4v) is 1.51. The molecule has 0 bridgehead atoms. The molecule has 0 aromatic carbocycles. The minimum absolute atomic E-state index is 0.113. The molecule has 17 heavy (non-hydrogen) atoms. The van der Waals surface area contributed by atoms with Crippen molar-refractivity contribution in [1.82, 2.24) is 10.6 Å². The van der Waals surface area contributed by atoms with E-state index in [1.165, 1.54) is 0 Å². The highest BCUT2D eigenvalue weighted by Crippen LogP contribution is 1.99. The van der Waals surface area contributed by atoms with E-state index in [1.54, 1.807) is 6.26 Å². The van der Waals surface area contributed by atoms with Gasteiger partial charge < -0.3 is 15.1 Å². The minimum Gasteiger partial charge on any atom is -0.469 e. The average molecular weight is 238 g/mol. The number of hydrogen-bond acceptors (Lipinski definition) is 3. The molecule has 0 aliphatic heterocycles. The van der Waals surface area contributed by atoms with Crippen LogP contribution in [0.2, 0.25) is 0 Å². The lowest BCUT2D eigenvalue weighted by Gasteiger charge is -2.07. The van der Waals surface area contributed by atoms with Crippen molar-refractivity contribution in [3.63, 3.8) is 0 Å². The van der Waals surface area contributed by atoms with Crippen LogP contribution in [0.4, 0.5) is 0 Å². The molecule has 0 unspecified atom stereocenters. The van der Waals surface area contributed by atoms with E-state index in [0.29, 0.717) is 19.0 Å². The summed E-state index contributed by atoms with van der Waals surface area (Å²) in [4.78, 5) is 11.4. The average Bonchev–Trinajstić information content (AvgIpc) is 2.77. The number of nitrogens with one attached hydrogen (secondary N) is 2. The summed E-state index contributed by atoms with van der Waals surface area (Å²) in [6.07, 6.45) is 3.86. The predicted octanol–water partition coefficient (Wildman–Crippen LogP) is 1.72. The maximum absolute atomic E-state index is 11.4. The molecule has 0 fully saturated rings. The third-order valence-corrected chi connectivity index (χ3v) is 2.41. The number of carbonyl (C=O) groups excluding carboxylic acids is 1. The molecule has 1 amide bonds. The lowest BCUT2D eigenvalue weighted by molar-refractivity contribution is -0.121. The van der Waals surface area contributed by atoms with Gasteiger partial charge in [0.1, 0.15) is 5.76 Å². The standard InChI is InChI=1S/C13H22N2O2/c1-11(2)14-8-3-6-13(16)15-9-7-12-5-4-10-17-12/h4-5,10-11,14H,3,6-9H2,1-2H3,(H,15,16). The second-order valence-electron chi connectivity index (χ2n) is 4.39. The SMILES string of the molecule is CC(C)NCCCC(=O)NCCc1ccco1. The van der Waals surface area contributed by atoms with Crippen molar-refractivity contribution in [2.45, 2.75) is 39.2 Å². The van der Waals surface area contributed by atoms with E-state index in [9.17, 15) is 4.79 Å². The highest BCUT2D eigenvalue weighted by atomic mass is 16.3. The smallest absolute Gasteiger partial charge is 0.220 e. The Hall–Kier alpha value is -1.29. The molecule has 0 aliphatic rings. The van der Waals surface area contributed by atoms with Gasteiger partial charge in [-0.25, -0.2) is 0 Å². The van der Waals surface area contributed by atoms with Crippen molar-refractivity contribution in [2.24, 2.45) is 0 Å². The third-order valence-electron chi connectivity index (χ3n) is 2.41. The highest BCUT2D eigenvalue weighted by Gasteiger charge is 2.02. The molecule has 0 aliphatic carbocycles. The second kappa shape index (κ2) is 7.90. The van der Waals surface area contributed by atoms with Gasteiger partial charge in [-0.2, -0.15) is 0 Å². The van der Waals surface area contributed by atoms with Gasteiger partial charge in [-0.15, -0.1) is 0 Å². The van der Waals surface area contributed by atoms with E-state index < -0.39 is 0 Å². The van der Waals surface area contributed by atoms with Crippen LogP contribution in [-0.2, 0) is 11.2 Å². The van der Waals surface area contributed by atoms with Gasteiger partial charge in [0.15, 0.2) is 0 Å². The zero-order valence-electron chi connectivity index (χ0n) is 10.7. The quantitative estimate of drug-likeness (QED) is 0.678. The summed E-state index contributed by atoms with van der Waals surface area (Å²) in [6, 6.07) is 4.25. The van der Waals surface area contributed by atoms with Crippen molar-refractivity contribution >= 4 is 5.91 Å². The molecule has 0 atom stereocenters. The Balaban J connectivity index is 1.98. The molecule has 1 aromatic rings. The van der Waals surface area contributed by atoms with Crippen LogP contribution in [0.15, 0.2) is 22.8 Å². The van der Waals surface area contributed by atoms with Gasteiger partial charge in [0.05, 0.1) is 6.26 Å². The van der Waals surface area contributed by atoms with Crippen LogP contribution >= 0.6 is 0 Å². The van der Waals surface area contributed by atoms with Crippen LogP contribution in [0.3, 0.4) is 0 Å². The monoisotopic (exact) mass is 238 g/mol. The fourth-order valence-electron chi connectivity index (χ4n) is 1.51. The molecule has 96 valence electrons. The first-order valence-corrected chi connectivity index (χ1v) is 6.21. The van der Waals surface area contributed by atoms with E-state index in [4.69, 9.17) is 4.42 Å². The van der Waals surface area contributed by atoms with E-state index in [0.717, 1.165) is 25.1 Å². The van der Waals surface area contributed by atoms with Gasteiger partial charge in [-0.05, 0) is 25.1 Å². The lowest BCUT2D eigenvalue weighted by Crippen LogP contribution is -2.28. The Morgan fingerprint density at radius 1 is 1.41 bits per heavy atom. The van der Waals surface area contributed by atoms with Gasteiger partial charge in [0.2, 0.25) is 5.91 Å². The van der Waals surface area contributed by atoms with E-state index in [1.807, 2.05) is 12.1 Å². The zero-order chi connectivity index (χ0) is 12.5. The van der Waals surface area contributed by atoms with Crippen LogP contribution in [-0.4, -0.2) is 25.0 Å². The van der Waals surface area contributed by atoms with Crippen molar-refractivity contribution in [3.05, 3.63) is 24.2 Å². The van der Waals surface area contributed by atoms with Crippen LogP contribution in [0.5, 0.6) is 0 Å². The van der Waals surface area contributed by atoms with Crippen LogP contribution < -0.4 is 10.6 Å². The maximum atomic E-state index is 11.4. The Labute approximate surface area is 103 Å². The summed E-state index contributed by atoms with van der Waals surface area (Å²) in [7, 11) is 0. The molecule has 1 rings (SSSR count). The first-order chi connectivity index (χ1) is 8.18. The number of hydrogen-bond donors (Lipinski definition) is 2. The number of amides is 1. The lowest BCUT2D eigenvalue weighted by atomic mass is 10.2. The highest BCUT2D eigenvalue weighted by molar-refractivity contribution is 5.75. The number of carbonyl (C=O) groups is 1. The third kappa shape index (κ3) is 6.79. The normalized spacial score (nSPS) is 10.8. The topological polar surface area (TPSA) is 54.3 Å². The van der Waals surface area contributed by atoms with Gasteiger partial charge in [-0.1, -0.05) is 13.8 Å². The molecule has 0 saturated carbocycles. The van der Waals surface area contributed by atoms with Crippen molar-refractivity contribution in [1.29, 1.82) is 0 Å². The van der Waals surface area contributed by atoms with Crippen LogP contribution in [0.25, 0.3) is 0 Å². The maximum Gasteiger partial charge on any atom is 0.220 e. The molecular weight excluding hydrogens is 216 g/mol. The predicted molar refractivity (Wildman–Crippen MR) is 67.8 cm³/mol. The molecule has 0 saturated heterocycles. The Morgan fingerprint density at radius 2 is 2.24 bits per heavy atom. The largest absolute Gasteiger partial charge is 0.469 e. The summed E-state index contributed by atoms with van der Waals surface area (Å²) < 4.78 is 5.18. The second-order valence-corrected chi connectivity index (χ2v) is 4.39. The van der Waals surface area contributed by atoms with Crippen molar-refractivity contribution in [3.8, 4) is 0 Å². The first-order valence-electron chi connectivity index (χ1n) is 6.21. The van der Waals surface area contributed by atoms with Crippen LogP contribution in [0.1, 0.15) is 32.4 Å². The van der Waals surface area contributed by atoms with Crippen LogP contribution in [0, 0.1) is 0 Å². The van der Waals surface area contributed by atoms with Gasteiger partial charge in [-0.3, -0.25) is 4.79 Å². The molecular formula is C13H22N2O2. The molecule has 1 aromatic heterocycles. The number of rotatable bonds is 8. The Morgan fingerprint density at radius 3 is 2.88 bits per heavy atom. The zero-order valence-corrected chi connectivity index (χ0v) is 10.7. The molecule has 1 heterocycles. The minimum atomic E-state index is 0.113. The number of furan rings is 1. The molecule has 2 N–H and O–H groups in total. The van der Waals surface area contributed by atoms with Gasteiger partial charge in [0.25, 0.3) is 0 Å². The molecule has 4 nitrogen and oxygen atoms in total. The molecule has 4 heteroatoms. The summed E-state index contributed by atoms with van der Waals surface area (Å²) in [5.41, 5.74) is 0. The van der Waals surface area contributed by atoms with E-state index >= 15 is 0 Å². The first kappa shape index (κ1) is 13.8. The Bertz CT molecular complexity index is 307. The molecule has 0 radical (unpaired) electrons. The Kier molecular flexibility index (Phi) is 6.40. The van der Waals surface area contributed by atoms with Crippen molar-refractivity contribution in [2.75, 3.05) is 13.1 Å². The van der Waals surface area contributed by atoms with Gasteiger partial charge >= 0.3 is 0 Å². The fraction of sp³-hybridized carbons (Fsp3) is 0.615. The van der Waals surface area contributed by atoms with E-state index in [-0.39, 0.29) is 5.91 Å². The van der Waals surface area contributed by atoms with Gasteiger partial charge in [0, 0.05) is 25.4 Å².